The number of rotatable bonds is 0. The molecule has 0 unspecified atom stereocenters. The van der Waals surface area contributed by atoms with Crippen LogP contribution in [-0.2, 0) is 4.79 Å². The quantitative estimate of drug-likeness (QED) is 0.417. The van der Waals surface area contributed by atoms with Gasteiger partial charge >= 0.3 is 0 Å². The molecular weight excluding hydrogens is 82.5 g/mol. The van der Waals surface area contributed by atoms with Crippen LogP contribution in [0.15, 0.2) is 0 Å². The van der Waals surface area contributed by atoms with Crippen molar-refractivity contribution in [3.63, 3.8) is 0 Å². The lowest BCUT2D eigenvalue weighted by Crippen LogP contribution is -0.925. The van der Waals surface area contributed by atoms with Crippen LogP contribution >= 0.6 is 12.4 Å². The third-order valence-corrected chi connectivity index (χ3v) is 0. The molecule has 4 heavy (non-hydrogen) atoms. The van der Waals surface area contributed by atoms with Crippen molar-refractivity contribution in [1.82, 2.24) is 0 Å². The zero-order valence-electron chi connectivity index (χ0n) is 1.93. The summed E-state index contributed by atoms with van der Waals surface area (Å²) < 4.78 is 0. The Bertz CT molecular complexity index is 8.00. The van der Waals surface area contributed by atoms with Crippen LogP contribution in [0.5, 0.6) is 0 Å². The Balaban J connectivity index is -0.00000000500. The van der Waals surface area contributed by atoms with Gasteiger partial charge in [0, 0.05) is 0 Å². The first-order chi connectivity index (χ1) is 1.00. The molecule has 0 spiro atoms. The fourth-order valence-electron chi connectivity index (χ4n) is 0. The Labute approximate surface area is 29.8 Å². The molecule has 0 bridgehead atoms. The van der Waals surface area contributed by atoms with Gasteiger partial charge in [-0.3, -0.25) is 4.70 Å². The summed E-state index contributed by atoms with van der Waals surface area (Å²) >= 11 is 0. The molecular formula is CH4ClFO. The predicted molar refractivity (Wildman–Crippen MR) is 16.9 cm³/mol. The molecule has 0 amide bonds. The van der Waals surface area contributed by atoms with Gasteiger partial charge in [-0.25, -0.2) is 0 Å². The van der Waals surface area contributed by atoms with Crippen LogP contribution < -0.4 is 0 Å². The van der Waals surface area contributed by atoms with E-state index in [9.17, 15) is 0 Å². The van der Waals surface area contributed by atoms with Gasteiger partial charge in [-0.05, 0) is 0 Å². The maximum Gasteiger partial charge on any atom is 0.106 e. The number of hydrogen-bond acceptors (Lipinski definition) is 1. The Morgan fingerprint density at radius 1 is 1.25 bits per heavy atom. The lowest BCUT2D eigenvalue weighted by atomic mass is 11.9. The van der Waals surface area contributed by atoms with Crippen molar-refractivity contribution < 1.29 is 9.50 Å². The number of carbonyl (C=O) groups excluding carboxylic acids is 1. The first-order valence-electron chi connectivity index (χ1n) is 0.289. The normalized spacial score (nSPS) is 1.00. The molecule has 0 heterocycles. The van der Waals surface area contributed by atoms with Gasteiger partial charge in [0.25, 0.3) is 0 Å². The maximum atomic E-state index is 8.00. The fraction of sp³-hybridized carbons (Fsp3) is 0. The molecule has 0 aromatic rings. The van der Waals surface area contributed by atoms with Gasteiger partial charge < -0.3 is 4.79 Å². The third kappa shape index (κ3) is 124. The molecule has 0 aromatic heterocycles. The lowest BCUT2D eigenvalue weighted by Gasteiger charge is -0.837. The summed E-state index contributed by atoms with van der Waals surface area (Å²) in [5.74, 6) is 0. The standard InChI is InChI=1S/CH2O.ClH.FH/c1-2;;/h1H2;2*1H. The first-order valence-corrected chi connectivity index (χ1v) is 0.289. The van der Waals surface area contributed by atoms with E-state index in [1.54, 1.807) is 0 Å². The summed E-state index contributed by atoms with van der Waals surface area (Å²) in [4.78, 5) is 8.00. The second-order valence-corrected chi connectivity index (χ2v) is 0. The molecule has 0 aliphatic rings. The van der Waals surface area contributed by atoms with Gasteiger partial charge in [-0.1, -0.05) is 0 Å². The lowest BCUT2D eigenvalue weighted by molar-refractivity contribution is -0.0979. The summed E-state index contributed by atoms with van der Waals surface area (Å²) in [6.45, 7) is 2.00. The zero-order valence-corrected chi connectivity index (χ0v) is 2.75. The SMILES string of the molecule is C=O.Cl.F. The van der Waals surface area contributed by atoms with E-state index in [0.29, 0.717) is 0 Å². The first kappa shape index (κ1) is 41.0. The Morgan fingerprint density at radius 3 is 1.25 bits per heavy atom. The monoisotopic (exact) mass is 86.0 g/mol. The summed E-state index contributed by atoms with van der Waals surface area (Å²) in [6, 6.07) is 0. The maximum absolute atomic E-state index is 8.00. The van der Waals surface area contributed by atoms with E-state index < -0.39 is 0 Å². The zero-order chi connectivity index (χ0) is 2.00. The molecule has 0 fully saturated rings. The second-order valence-electron chi connectivity index (χ2n) is 0. The van der Waals surface area contributed by atoms with Crippen molar-refractivity contribution in [2.24, 2.45) is 0 Å². The smallest absolute Gasteiger partial charge is 0.106 e. The molecule has 0 aromatic carbocycles. The van der Waals surface area contributed by atoms with E-state index in [1.807, 2.05) is 6.79 Å². The van der Waals surface area contributed by atoms with Crippen molar-refractivity contribution in [2.75, 3.05) is 0 Å². The van der Waals surface area contributed by atoms with Crippen molar-refractivity contribution in [3.8, 4) is 0 Å². The molecule has 0 aliphatic carbocycles. The molecule has 0 N–H and O–H groups in total. The van der Waals surface area contributed by atoms with E-state index >= 15 is 0 Å². The van der Waals surface area contributed by atoms with E-state index in [2.05, 4.69) is 0 Å². The van der Waals surface area contributed by atoms with Crippen molar-refractivity contribution in [3.05, 3.63) is 0 Å². The molecule has 28 valence electrons. The molecule has 0 saturated heterocycles. The minimum Gasteiger partial charge on any atom is -0.307 e. The largest absolute Gasteiger partial charge is 0.307 e. The Kier molecular flexibility index (Phi) is 8750. The Hall–Kier alpha value is -0.110. The molecule has 0 aliphatic heterocycles. The molecule has 0 saturated carbocycles. The van der Waals surface area contributed by atoms with Crippen LogP contribution in [0, 0.1) is 0 Å². The average Bonchev–Trinajstić information content (AvgIpc) is 1.00. The highest BCUT2D eigenvalue weighted by atomic mass is 35.5. The van der Waals surface area contributed by atoms with Gasteiger partial charge in [0.2, 0.25) is 0 Å². The highest BCUT2D eigenvalue weighted by Gasteiger charge is 0.636. The van der Waals surface area contributed by atoms with Gasteiger partial charge in [0.1, 0.15) is 6.79 Å². The summed E-state index contributed by atoms with van der Waals surface area (Å²) in [6.07, 6.45) is 0. The van der Waals surface area contributed by atoms with Crippen molar-refractivity contribution in [2.45, 2.75) is 0 Å². The van der Waals surface area contributed by atoms with Crippen LogP contribution in [0.3, 0.4) is 0 Å². The fourth-order valence-corrected chi connectivity index (χ4v) is 0. The predicted octanol–water partition coefficient (Wildman–Crippen LogP) is 0.389. The Morgan fingerprint density at radius 2 is 1.25 bits per heavy atom. The topological polar surface area (TPSA) is 17.1 Å². The van der Waals surface area contributed by atoms with Gasteiger partial charge in [-0.2, -0.15) is 0 Å². The highest BCUT2D eigenvalue weighted by molar-refractivity contribution is 5.85. The molecule has 0 rings (SSSR count). The average molecular weight is 86.5 g/mol. The molecule has 1 nitrogen and oxygen atoms in total. The van der Waals surface area contributed by atoms with Gasteiger partial charge in [-0.15, -0.1) is 12.4 Å². The van der Waals surface area contributed by atoms with Crippen molar-refractivity contribution in [1.29, 1.82) is 0 Å². The van der Waals surface area contributed by atoms with E-state index in [0.717, 1.165) is 0 Å². The van der Waals surface area contributed by atoms with Gasteiger partial charge in [0.15, 0.2) is 0 Å². The summed E-state index contributed by atoms with van der Waals surface area (Å²) in [5, 5.41) is 0. The number of hydrogen-bond donors (Lipinski definition) is 0. The third-order valence-electron chi connectivity index (χ3n) is 0. The highest BCUT2D eigenvalue weighted by Crippen LogP contribution is 0.690. The van der Waals surface area contributed by atoms with Gasteiger partial charge in [0.05, 0.1) is 0 Å². The van der Waals surface area contributed by atoms with Crippen LogP contribution in [0.1, 0.15) is 0 Å². The minimum atomic E-state index is 0. The molecule has 3 heteroatoms. The van der Waals surface area contributed by atoms with Crippen molar-refractivity contribution >= 4 is 19.2 Å². The molecule has 0 atom stereocenters. The van der Waals surface area contributed by atoms with E-state index in [1.165, 1.54) is 0 Å². The van der Waals surface area contributed by atoms with Crippen LogP contribution in [0.25, 0.3) is 0 Å². The van der Waals surface area contributed by atoms with E-state index in [-0.39, 0.29) is 17.1 Å². The number of carbonyl (C=O) groups is 1. The number of halogens is 2. The minimum absolute atomic E-state index is 0. The van der Waals surface area contributed by atoms with Crippen LogP contribution in [0.4, 0.5) is 4.70 Å². The summed E-state index contributed by atoms with van der Waals surface area (Å²) in [5.41, 5.74) is 0. The van der Waals surface area contributed by atoms with Crippen LogP contribution in [-0.4, -0.2) is 6.79 Å². The van der Waals surface area contributed by atoms with E-state index in [4.69, 9.17) is 4.79 Å². The second kappa shape index (κ2) is 853. The molecule has 0 radical (unpaired) electrons. The van der Waals surface area contributed by atoms with Crippen LogP contribution in [0.2, 0.25) is 0 Å². The summed E-state index contributed by atoms with van der Waals surface area (Å²) in [7, 11) is 0.